The molecule has 0 spiro atoms. The zero-order valence-electron chi connectivity index (χ0n) is 9.19. The van der Waals surface area contributed by atoms with Crippen LogP contribution in [0.1, 0.15) is 16.1 Å². The molecule has 16 heavy (non-hydrogen) atoms. The van der Waals surface area contributed by atoms with E-state index in [1.165, 1.54) is 11.3 Å². The van der Waals surface area contributed by atoms with Gasteiger partial charge in [-0.2, -0.15) is 0 Å². The lowest BCUT2D eigenvalue weighted by atomic mass is 10.0. The number of carbonyl (C=O) groups excluding carboxylic acids is 1. The Balaban J connectivity index is 1.89. The van der Waals surface area contributed by atoms with Gasteiger partial charge in [-0.1, -0.05) is 6.07 Å². The number of amides is 1. The van der Waals surface area contributed by atoms with Gasteiger partial charge in [-0.05, 0) is 11.4 Å². The molecule has 2 heterocycles. The monoisotopic (exact) mass is 241 g/mol. The van der Waals surface area contributed by atoms with Gasteiger partial charge in [0.1, 0.15) is 5.60 Å². The summed E-state index contributed by atoms with van der Waals surface area (Å²) in [4.78, 5) is 12.5. The second-order valence-corrected chi connectivity index (χ2v) is 4.80. The fourth-order valence-electron chi connectivity index (χ4n) is 1.70. The topological polar surface area (TPSA) is 47.6 Å². The molecule has 1 aliphatic heterocycles. The minimum absolute atomic E-state index is 0.0432. The summed E-state index contributed by atoms with van der Waals surface area (Å²) in [6, 6.07) is 3.68. The Morgan fingerprint density at radius 3 is 3.19 bits per heavy atom. The Hall–Kier alpha value is -0.910. The zero-order valence-corrected chi connectivity index (χ0v) is 10.0. The summed E-state index contributed by atoms with van der Waals surface area (Å²) < 4.78 is 10.7. The molecule has 1 unspecified atom stereocenters. The maximum atomic E-state index is 11.7. The zero-order chi connectivity index (χ0) is 11.4. The molecule has 2 rings (SSSR count). The lowest BCUT2D eigenvalue weighted by Crippen LogP contribution is -2.44. The van der Waals surface area contributed by atoms with Crippen molar-refractivity contribution in [3.05, 3.63) is 22.4 Å². The normalized spacial score (nSPS) is 24.6. The molecule has 0 radical (unpaired) electrons. The van der Waals surface area contributed by atoms with Crippen LogP contribution in [0.4, 0.5) is 0 Å². The Morgan fingerprint density at radius 1 is 1.75 bits per heavy atom. The van der Waals surface area contributed by atoms with E-state index in [2.05, 4.69) is 5.32 Å². The van der Waals surface area contributed by atoms with Gasteiger partial charge in [0, 0.05) is 26.7 Å². The number of carbonyl (C=O) groups is 1. The fraction of sp³-hybridized carbons (Fsp3) is 0.545. The van der Waals surface area contributed by atoms with E-state index in [9.17, 15) is 4.79 Å². The average molecular weight is 241 g/mol. The van der Waals surface area contributed by atoms with Crippen LogP contribution in [-0.4, -0.2) is 38.4 Å². The van der Waals surface area contributed by atoms with Gasteiger partial charge in [0.25, 0.3) is 5.91 Å². The van der Waals surface area contributed by atoms with E-state index in [0.717, 1.165) is 11.3 Å². The summed E-state index contributed by atoms with van der Waals surface area (Å²) in [6.07, 6.45) is 0.828. The van der Waals surface area contributed by atoms with Crippen LogP contribution in [0, 0.1) is 0 Å². The number of rotatable bonds is 4. The smallest absolute Gasteiger partial charge is 0.261 e. The largest absolute Gasteiger partial charge is 0.378 e. The Morgan fingerprint density at radius 2 is 2.62 bits per heavy atom. The highest BCUT2D eigenvalue weighted by atomic mass is 32.1. The van der Waals surface area contributed by atoms with Crippen LogP contribution < -0.4 is 5.32 Å². The summed E-state index contributed by atoms with van der Waals surface area (Å²) in [5.74, 6) is -0.0432. The van der Waals surface area contributed by atoms with Crippen LogP contribution in [0.2, 0.25) is 0 Å². The first-order valence-corrected chi connectivity index (χ1v) is 6.08. The third-order valence-corrected chi connectivity index (χ3v) is 3.68. The van der Waals surface area contributed by atoms with E-state index in [0.29, 0.717) is 19.8 Å². The third kappa shape index (κ3) is 2.42. The van der Waals surface area contributed by atoms with Crippen LogP contribution in [-0.2, 0) is 9.47 Å². The molecule has 1 atom stereocenters. The Bertz CT molecular complexity index is 344. The maximum Gasteiger partial charge on any atom is 0.261 e. The molecule has 0 aromatic carbocycles. The number of hydrogen-bond donors (Lipinski definition) is 1. The van der Waals surface area contributed by atoms with Crippen molar-refractivity contribution in [3.8, 4) is 0 Å². The van der Waals surface area contributed by atoms with E-state index >= 15 is 0 Å². The molecule has 1 fully saturated rings. The van der Waals surface area contributed by atoms with Gasteiger partial charge in [0.05, 0.1) is 11.5 Å². The highest BCUT2D eigenvalue weighted by Crippen LogP contribution is 2.21. The van der Waals surface area contributed by atoms with Gasteiger partial charge >= 0.3 is 0 Å². The molecule has 1 saturated heterocycles. The van der Waals surface area contributed by atoms with Crippen molar-refractivity contribution in [1.82, 2.24) is 5.32 Å². The van der Waals surface area contributed by atoms with Crippen molar-refractivity contribution >= 4 is 17.2 Å². The van der Waals surface area contributed by atoms with E-state index in [1.54, 1.807) is 7.11 Å². The Kier molecular flexibility index (Phi) is 3.58. The number of methoxy groups -OCH3 is 1. The fourth-order valence-corrected chi connectivity index (χ4v) is 2.34. The third-order valence-electron chi connectivity index (χ3n) is 2.82. The summed E-state index contributed by atoms with van der Waals surface area (Å²) in [7, 11) is 1.66. The molecule has 4 nitrogen and oxygen atoms in total. The molecule has 1 aromatic rings. The SMILES string of the molecule is COC1(CNC(=O)c2cccs2)CCOC1. The molecule has 1 N–H and O–H groups in total. The lowest BCUT2D eigenvalue weighted by molar-refractivity contribution is -0.0148. The summed E-state index contributed by atoms with van der Waals surface area (Å²) in [6.45, 7) is 1.75. The number of ether oxygens (including phenoxy) is 2. The Labute approximate surface area is 98.6 Å². The quantitative estimate of drug-likeness (QED) is 0.864. The van der Waals surface area contributed by atoms with Gasteiger partial charge in [0.15, 0.2) is 0 Å². The molecule has 88 valence electrons. The van der Waals surface area contributed by atoms with Gasteiger partial charge in [-0.3, -0.25) is 4.79 Å². The highest BCUT2D eigenvalue weighted by molar-refractivity contribution is 7.12. The van der Waals surface area contributed by atoms with Crippen molar-refractivity contribution < 1.29 is 14.3 Å². The van der Waals surface area contributed by atoms with E-state index in [4.69, 9.17) is 9.47 Å². The molecular formula is C11H15NO3S. The molecular weight excluding hydrogens is 226 g/mol. The van der Waals surface area contributed by atoms with E-state index < -0.39 is 0 Å². The number of thiophene rings is 1. The molecule has 0 aliphatic carbocycles. The molecule has 5 heteroatoms. The molecule has 1 aromatic heterocycles. The van der Waals surface area contributed by atoms with Crippen molar-refractivity contribution in [2.24, 2.45) is 0 Å². The van der Waals surface area contributed by atoms with Gasteiger partial charge in [-0.25, -0.2) is 0 Å². The van der Waals surface area contributed by atoms with Crippen LogP contribution in [0.5, 0.6) is 0 Å². The van der Waals surface area contributed by atoms with Crippen molar-refractivity contribution in [2.45, 2.75) is 12.0 Å². The average Bonchev–Trinajstić information content (AvgIpc) is 2.98. The second kappa shape index (κ2) is 4.95. The van der Waals surface area contributed by atoms with Crippen LogP contribution >= 0.6 is 11.3 Å². The lowest BCUT2D eigenvalue weighted by Gasteiger charge is -2.25. The molecule has 0 saturated carbocycles. The molecule has 1 amide bonds. The van der Waals surface area contributed by atoms with Crippen LogP contribution in [0.3, 0.4) is 0 Å². The van der Waals surface area contributed by atoms with Crippen LogP contribution in [0.25, 0.3) is 0 Å². The summed E-state index contributed by atoms with van der Waals surface area (Å²) in [5, 5.41) is 4.77. The van der Waals surface area contributed by atoms with Crippen molar-refractivity contribution in [3.63, 3.8) is 0 Å². The minimum atomic E-state index is -0.340. The van der Waals surface area contributed by atoms with E-state index in [-0.39, 0.29) is 11.5 Å². The first kappa shape index (κ1) is 11.6. The molecule has 0 bridgehead atoms. The predicted molar refractivity (Wildman–Crippen MR) is 61.8 cm³/mol. The first-order chi connectivity index (χ1) is 7.76. The van der Waals surface area contributed by atoms with E-state index in [1.807, 2.05) is 17.5 Å². The minimum Gasteiger partial charge on any atom is -0.378 e. The highest BCUT2D eigenvalue weighted by Gasteiger charge is 2.35. The standard InChI is InChI=1S/C11H15NO3S/c1-14-11(4-5-15-8-11)7-12-10(13)9-3-2-6-16-9/h2-3,6H,4-5,7-8H2,1H3,(H,12,13). The maximum absolute atomic E-state index is 11.7. The molecule has 1 aliphatic rings. The second-order valence-electron chi connectivity index (χ2n) is 3.85. The first-order valence-electron chi connectivity index (χ1n) is 5.20. The van der Waals surface area contributed by atoms with Gasteiger partial charge < -0.3 is 14.8 Å². The summed E-state index contributed by atoms with van der Waals surface area (Å²) in [5.41, 5.74) is -0.340. The summed E-state index contributed by atoms with van der Waals surface area (Å²) >= 11 is 1.44. The van der Waals surface area contributed by atoms with Crippen LogP contribution in [0.15, 0.2) is 17.5 Å². The van der Waals surface area contributed by atoms with Gasteiger partial charge in [-0.15, -0.1) is 11.3 Å². The van der Waals surface area contributed by atoms with Crippen molar-refractivity contribution in [2.75, 3.05) is 26.9 Å². The number of nitrogens with one attached hydrogen (secondary N) is 1. The predicted octanol–water partition coefficient (Wildman–Crippen LogP) is 1.28. The number of hydrogen-bond acceptors (Lipinski definition) is 4. The van der Waals surface area contributed by atoms with Crippen molar-refractivity contribution in [1.29, 1.82) is 0 Å². The van der Waals surface area contributed by atoms with Gasteiger partial charge in [0.2, 0.25) is 0 Å².